The fraction of sp³-hybridized carbons (Fsp3) is 0.421. The Morgan fingerprint density at radius 3 is 2.42 bits per heavy atom. The molecule has 0 aliphatic carbocycles. The molecular weight excluding hydrogens is 479 g/mol. The Morgan fingerprint density at radius 1 is 1.16 bits per heavy atom. The van der Waals surface area contributed by atoms with Crippen molar-refractivity contribution in [1.82, 2.24) is 4.98 Å². The topological polar surface area (TPSA) is 90.4 Å². The van der Waals surface area contributed by atoms with Gasteiger partial charge in [0.15, 0.2) is 19.7 Å². The molecule has 0 radical (unpaired) electrons. The van der Waals surface area contributed by atoms with Gasteiger partial charge in [-0.3, -0.25) is 4.98 Å². The zero-order valence-electron chi connectivity index (χ0n) is 16.5. The fourth-order valence-electron chi connectivity index (χ4n) is 3.38. The summed E-state index contributed by atoms with van der Waals surface area (Å²) in [7, 11) is -7.72. The summed E-state index contributed by atoms with van der Waals surface area (Å²) < 4.78 is 93.3. The van der Waals surface area contributed by atoms with E-state index >= 15 is 0 Å². The number of alkyl halides is 3. The van der Waals surface area contributed by atoms with Gasteiger partial charge in [-0.25, -0.2) is 16.8 Å². The summed E-state index contributed by atoms with van der Waals surface area (Å²) in [6.45, 7) is 1.45. The van der Waals surface area contributed by atoms with E-state index in [9.17, 15) is 30.0 Å². The molecule has 0 saturated carbocycles. The molecule has 1 aliphatic rings. The third kappa shape index (κ3) is 4.74. The van der Waals surface area contributed by atoms with Gasteiger partial charge in [0.25, 0.3) is 0 Å². The van der Waals surface area contributed by atoms with E-state index in [1.807, 2.05) is 0 Å². The van der Waals surface area contributed by atoms with Gasteiger partial charge in [-0.1, -0.05) is 17.7 Å². The minimum atomic E-state index is -4.68. The van der Waals surface area contributed by atoms with Crippen LogP contribution in [0.1, 0.15) is 37.1 Å². The van der Waals surface area contributed by atoms with E-state index in [-0.39, 0.29) is 35.1 Å². The van der Waals surface area contributed by atoms with E-state index in [4.69, 9.17) is 16.3 Å². The molecule has 2 heterocycles. The molecule has 1 aromatic heterocycles. The summed E-state index contributed by atoms with van der Waals surface area (Å²) >= 11 is 6.18. The molecule has 3 rings (SSSR count). The number of rotatable bonds is 4. The number of nitrogens with zero attached hydrogens (tertiary/aromatic N) is 1. The van der Waals surface area contributed by atoms with Crippen LogP contribution < -0.4 is 0 Å². The van der Waals surface area contributed by atoms with Crippen LogP contribution in [-0.2, 0) is 30.6 Å². The molecule has 12 heteroatoms. The van der Waals surface area contributed by atoms with Crippen molar-refractivity contribution in [2.45, 2.75) is 46.6 Å². The number of hydrogen-bond acceptors (Lipinski definition) is 6. The van der Waals surface area contributed by atoms with Crippen molar-refractivity contribution >= 4 is 31.3 Å². The second kappa shape index (κ2) is 8.02. The maximum absolute atomic E-state index is 13.3. The number of halogens is 4. The highest BCUT2D eigenvalue weighted by molar-refractivity contribution is 7.92. The first kappa shape index (κ1) is 24.0. The predicted molar refractivity (Wildman–Crippen MR) is 107 cm³/mol. The third-order valence-corrected chi connectivity index (χ3v) is 9.19. The summed E-state index contributed by atoms with van der Waals surface area (Å²) in [5, 5.41) is -0.00589. The van der Waals surface area contributed by atoms with Crippen LogP contribution in [0.4, 0.5) is 13.2 Å². The maximum atomic E-state index is 13.3. The van der Waals surface area contributed by atoms with Crippen molar-refractivity contribution in [2.24, 2.45) is 0 Å². The van der Waals surface area contributed by atoms with Crippen molar-refractivity contribution in [3.05, 3.63) is 52.8 Å². The Bertz CT molecular complexity index is 1220. The smallest absolute Gasteiger partial charge is 0.372 e. The van der Waals surface area contributed by atoms with Gasteiger partial charge < -0.3 is 4.74 Å². The number of benzene rings is 1. The average Bonchev–Trinajstić information content (AvgIpc) is 2.66. The number of ether oxygens (including phenoxy) is 1. The van der Waals surface area contributed by atoms with Gasteiger partial charge in [0.2, 0.25) is 0 Å². The highest BCUT2D eigenvalue weighted by Gasteiger charge is 2.46. The molecule has 0 amide bonds. The van der Waals surface area contributed by atoms with Gasteiger partial charge in [-0.05, 0) is 44.0 Å². The SMILES string of the molecule is CC1(S(=O)(=O)c2cccc(C(F)(F)F)c2)CCOC(c2ncc(S(C)(=O)=O)cc2Cl)C1. The third-order valence-electron chi connectivity index (χ3n) is 5.27. The molecule has 1 aromatic carbocycles. The molecule has 0 spiro atoms. The predicted octanol–water partition coefficient (Wildman–Crippen LogP) is 4.24. The first-order chi connectivity index (χ1) is 14.1. The molecule has 1 fully saturated rings. The average molecular weight is 498 g/mol. The Hall–Kier alpha value is -1.69. The Labute approximate surface area is 183 Å². The van der Waals surface area contributed by atoms with Crippen LogP contribution in [0.15, 0.2) is 46.3 Å². The molecule has 170 valence electrons. The van der Waals surface area contributed by atoms with Crippen LogP contribution in [0.5, 0.6) is 0 Å². The van der Waals surface area contributed by atoms with Crippen LogP contribution in [0.25, 0.3) is 0 Å². The monoisotopic (exact) mass is 497 g/mol. The Morgan fingerprint density at radius 2 is 1.84 bits per heavy atom. The van der Waals surface area contributed by atoms with Gasteiger partial charge in [-0.2, -0.15) is 13.2 Å². The van der Waals surface area contributed by atoms with Crippen LogP contribution in [0, 0.1) is 0 Å². The van der Waals surface area contributed by atoms with Gasteiger partial charge in [0.1, 0.15) is 6.10 Å². The lowest BCUT2D eigenvalue weighted by Crippen LogP contribution is -2.42. The minimum absolute atomic E-state index is 0.00515. The zero-order chi connectivity index (χ0) is 23.2. The second-order valence-corrected chi connectivity index (χ2v) is 12.5. The summed E-state index contributed by atoms with van der Waals surface area (Å²) in [6.07, 6.45) is -3.51. The lowest BCUT2D eigenvalue weighted by atomic mass is 9.94. The summed E-state index contributed by atoms with van der Waals surface area (Å²) in [6, 6.07) is 4.82. The van der Waals surface area contributed by atoms with E-state index in [0.29, 0.717) is 6.07 Å². The van der Waals surface area contributed by atoms with Crippen LogP contribution >= 0.6 is 11.6 Å². The lowest BCUT2D eigenvalue weighted by molar-refractivity contribution is -0.137. The van der Waals surface area contributed by atoms with Crippen LogP contribution in [-0.4, -0.2) is 39.4 Å². The Kier molecular flexibility index (Phi) is 6.20. The molecule has 31 heavy (non-hydrogen) atoms. The van der Waals surface area contributed by atoms with Gasteiger partial charge in [0, 0.05) is 19.1 Å². The normalized spacial score (nSPS) is 23.0. The number of sulfone groups is 2. The van der Waals surface area contributed by atoms with Crippen molar-refractivity contribution in [3.63, 3.8) is 0 Å². The number of hydrogen-bond donors (Lipinski definition) is 0. The number of aromatic nitrogens is 1. The zero-order valence-corrected chi connectivity index (χ0v) is 18.9. The number of pyridine rings is 1. The van der Waals surface area contributed by atoms with E-state index in [2.05, 4.69) is 4.98 Å². The quantitative estimate of drug-likeness (QED) is 0.627. The lowest BCUT2D eigenvalue weighted by Gasteiger charge is -2.37. The van der Waals surface area contributed by atoms with E-state index in [1.54, 1.807) is 0 Å². The molecule has 1 saturated heterocycles. The summed E-state index contributed by atoms with van der Waals surface area (Å²) in [4.78, 5) is 3.52. The van der Waals surface area contributed by atoms with Crippen molar-refractivity contribution < 1.29 is 34.7 Å². The van der Waals surface area contributed by atoms with Crippen molar-refractivity contribution in [1.29, 1.82) is 0 Å². The molecule has 6 nitrogen and oxygen atoms in total. The van der Waals surface area contributed by atoms with Gasteiger partial charge in [-0.15, -0.1) is 0 Å². The standard InChI is InChI=1S/C19H19ClF3NO5S2/c1-18(31(27,28)13-5-3-4-12(8-13)19(21,22)23)6-7-29-16(10-18)17-15(20)9-14(11-24-17)30(2,25)26/h3-5,8-9,11,16H,6-7,10H2,1-2H3. The fourth-order valence-corrected chi connectivity index (χ4v) is 6.15. The second-order valence-electron chi connectivity index (χ2n) is 7.60. The van der Waals surface area contributed by atoms with E-state index in [1.165, 1.54) is 13.0 Å². The first-order valence-corrected chi connectivity index (χ1v) is 12.8. The van der Waals surface area contributed by atoms with Gasteiger partial charge >= 0.3 is 6.18 Å². The summed E-state index contributed by atoms with van der Waals surface area (Å²) in [5.41, 5.74) is -0.888. The van der Waals surface area contributed by atoms with Crippen LogP contribution in [0.3, 0.4) is 0 Å². The first-order valence-electron chi connectivity index (χ1n) is 9.04. The van der Waals surface area contributed by atoms with Crippen LogP contribution in [0.2, 0.25) is 5.02 Å². The van der Waals surface area contributed by atoms with Crippen molar-refractivity contribution in [2.75, 3.05) is 12.9 Å². The minimum Gasteiger partial charge on any atom is -0.372 e. The maximum Gasteiger partial charge on any atom is 0.416 e. The highest BCUT2D eigenvalue weighted by Crippen LogP contribution is 2.43. The van der Waals surface area contributed by atoms with Gasteiger partial charge in [0.05, 0.1) is 30.8 Å². The molecule has 0 bridgehead atoms. The molecule has 2 atom stereocenters. The highest BCUT2D eigenvalue weighted by atomic mass is 35.5. The Balaban J connectivity index is 1.97. The summed E-state index contributed by atoms with van der Waals surface area (Å²) in [5.74, 6) is 0. The molecule has 2 aromatic rings. The van der Waals surface area contributed by atoms with Crippen molar-refractivity contribution in [3.8, 4) is 0 Å². The van der Waals surface area contributed by atoms with E-state index < -0.39 is 47.2 Å². The van der Waals surface area contributed by atoms with E-state index in [0.717, 1.165) is 30.7 Å². The molecule has 0 N–H and O–H groups in total. The molecule has 1 aliphatic heterocycles. The largest absolute Gasteiger partial charge is 0.416 e. The molecule has 2 unspecified atom stereocenters. The molecular formula is C19H19ClF3NO5S2.